The van der Waals surface area contributed by atoms with Crippen LogP contribution in [0.2, 0.25) is 0 Å². The fourth-order valence-corrected chi connectivity index (χ4v) is 3.26. The van der Waals surface area contributed by atoms with Gasteiger partial charge in [-0.05, 0) is 29.7 Å². The summed E-state index contributed by atoms with van der Waals surface area (Å²) in [7, 11) is 0. The number of benzene rings is 1. The second-order valence-corrected chi connectivity index (χ2v) is 7.03. The van der Waals surface area contributed by atoms with Crippen LogP contribution in [0.15, 0.2) is 41.8 Å². The van der Waals surface area contributed by atoms with Crippen LogP contribution in [0.5, 0.6) is 5.75 Å². The predicted octanol–water partition coefficient (Wildman–Crippen LogP) is 4.11. The SMILES string of the molecule is C=CCOc1ccc(/C=C2\SC(=S)N(CC(C)C)C2=O)cc1. The Bertz CT molecular complexity index is 606. The Kier molecular flexibility index (Phi) is 5.80. The molecule has 1 aromatic carbocycles. The molecule has 1 heterocycles. The summed E-state index contributed by atoms with van der Waals surface area (Å²) in [6.07, 6.45) is 3.57. The van der Waals surface area contributed by atoms with Crippen LogP contribution < -0.4 is 4.74 Å². The maximum atomic E-state index is 12.4. The van der Waals surface area contributed by atoms with Crippen molar-refractivity contribution in [2.75, 3.05) is 13.2 Å². The van der Waals surface area contributed by atoms with Crippen LogP contribution in [0, 0.1) is 5.92 Å². The summed E-state index contributed by atoms with van der Waals surface area (Å²) in [5.41, 5.74) is 0.955. The van der Waals surface area contributed by atoms with E-state index < -0.39 is 0 Å². The Balaban J connectivity index is 2.11. The van der Waals surface area contributed by atoms with Gasteiger partial charge >= 0.3 is 0 Å². The normalized spacial score (nSPS) is 16.7. The molecule has 0 aliphatic carbocycles. The highest BCUT2D eigenvalue weighted by Crippen LogP contribution is 2.33. The van der Waals surface area contributed by atoms with Gasteiger partial charge in [-0.25, -0.2) is 0 Å². The van der Waals surface area contributed by atoms with Gasteiger partial charge in [0.1, 0.15) is 16.7 Å². The zero-order chi connectivity index (χ0) is 16.1. The van der Waals surface area contributed by atoms with E-state index in [1.54, 1.807) is 11.0 Å². The summed E-state index contributed by atoms with van der Waals surface area (Å²) in [6, 6.07) is 7.61. The lowest BCUT2D eigenvalue weighted by Gasteiger charge is -2.16. The van der Waals surface area contributed by atoms with Crippen LogP contribution in [-0.2, 0) is 4.79 Å². The maximum Gasteiger partial charge on any atom is 0.266 e. The van der Waals surface area contributed by atoms with E-state index in [2.05, 4.69) is 20.4 Å². The van der Waals surface area contributed by atoms with Gasteiger partial charge in [-0.15, -0.1) is 0 Å². The highest BCUT2D eigenvalue weighted by atomic mass is 32.2. The topological polar surface area (TPSA) is 29.5 Å². The molecule has 2 rings (SSSR count). The van der Waals surface area contributed by atoms with Gasteiger partial charge in [-0.3, -0.25) is 9.69 Å². The van der Waals surface area contributed by atoms with Crippen molar-refractivity contribution in [2.45, 2.75) is 13.8 Å². The summed E-state index contributed by atoms with van der Waals surface area (Å²) in [4.78, 5) is 14.7. The first kappa shape index (κ1) is 16.8. The largest absolute Gasteiger partial charge is 0.490 e. The molecule has 0 N–H and O–H groups in total. The molecule has 1 aromatic rings. The Morgan fingerprint density at radius 3 is 2.64 bits per heavy atom. The lowest BCUT2D eigenvalue weighted by atomic mass is 10.2. The first-order valence-corrected chi connectivity index (χ1v) is 8.33. The van der Waals surface area contributed by atoms with Gasteiger partial charge in [0.15, 0.2) is 0 Å². The van der Waals surface area contributed by atoms with Crippen LogP contribution in [-0.4, -0.2) is 28.3 Å². The number of thioether (sulfide) groups is 1. The number of hydrogen-bond donors (Lipinski definition) is 0. The second-order valence-electron chi connectivity index (χ2n) is 5.35. The molecular weight excluding hydrogens is 314 g/mol. The summed E-state index contributed by atoms with van der Waals surface area (Å²) < 4.78 is 6.07. The minimum atomic E-state index is -0.00400. The third-order valence-corrected chi connectivity index (χ3v) is 4.34. The van der Waals surface area contributed by atoms with E-state index in [4.69, 9.17) is 17.0 Å². The van der Waals surface area contributed by atoms with Crippen LogP contribution in [0.25, 0.3) is 6.08 Å². The molecule has 22 heavy (non-hydrogen) atoms. The summed E-state index contributed by atoms with van der Waals surface area (Å²) in [5.74, 6) is 1.17. The predicted molar refractivity (Wildman–Crippen MR) is 96.9 cm³/mol. The quantitative estimate of drug-likeness (QED) is 0.445. The van der Waals surface area contributed by atoms with Gasteiger partial charge in [0.05, 0.1) is 4.91 Å². The fraction of sp³-hybridized carbons (Fsp3) is 0.294. The number of thiocarbonyl (C=S) groups is 1. The Hall–Kier alpha value is -1.59. The van der Waals surface area contributed by atoms with Gasteiger partial charge in [-0.2, -0.15) is 0 Å². The third-order valence-electron chi connectivity index (χ3n) is 2.97. The van der Waals surface area contributed by atoms with E-state index in [0.717, 1.165) is 11.3 Å². The van der Waals surface area contributed by atoms with Crippen molar-refractivity contribution < 1.29 is 9.53 Å². The van der Waals surface area contributed by atoms with E-state index >= 15 is 0 Å². The van der Waals surface area contributed by atoms with Crippen molar-refractivity contribution in [3.05, 3.63) is 47.4 Å². The van der Waals surface area contributed by atoms with Crippen LogP contribution in [0.3, 0.4) is 0 Å². The third kappa shape index (κ3) is 4.21. The van der Waals surface area contributed by atoms with Crippen LogP contribution in [0.4, 0.5) is 0 Å². The smallest absolute Gasteiger partial charge is 0.266 e. The first-order chi connectivity index (χ1) is 10.5. The molecule has 0 spiro atoms. The van der Waals surface area contributed by atoms with Gasteiger partial charge in [0.2, 0.25) is 0 Å². The average molecular weight is 333 g/mol. The molecule has 5 heteroatoms. The molecule has 1 saturated heterocycles. The van der Waals surface area contributed by atoms with Crippen molar-refractivity contribution in [2.24, 2.45) is 5.92 Å². The van der Waals surface area contributed by atoms with Gasteiger partial charge in [-0.1, -0.05) is 62.6 Å². The number of carbonyl (C=O) groups is 1. The fourth-order valence-electron chi connectivity index (χ4n) is 1.99. The number of carbonyl (C=O) groups excluding carboxylic acids is 1. The second kappa shape index (κ2) is 7.61. The Morgan fingerprint density at radius 1 is 1.36 bits per heavy atom. The van der Waals surface area contributed by atoms with E-state index in [9.17, 15) is 4.79 Å². The van der Waals surface area contributed by atoms with E-state index in [1.807, 2.05) is 30.3 Å². The number of rotatable bonds is 6. The van der Waals surface area contributed by atoms with Crippen molar-refractivity contribution in [1.29, 1.82) is 0 Å². The molecule has 1 fully saturated rings. The molecule has 116 valence electrons. The molecule has 0 saturated carbocycles. The van der Waals surface area contributed by atoms with Crippen LogP contribution in [0.1, 0.15) is 19.4 Å². The zero-order valence-corrected chi connectivity index (χ0v) is 14.4. The molecule has 0 atom stereocenters. The highest BCUT2D eigenvalue weighted by Gasteiger charge is 2.32. The molecule has 3 nitrogen and oxygen atoms in total. The molecule has 0 aromatic heterocycles. The van der Waals surface area contributed by atoms with Gasteiger partial charge in [0, 0.05) is 6.54 Å². The minimum Gasteiger partial charge on any atom is -0.490 e. The lowest BCUT2D eigenvalue weighted by molar-refractivity contribution is -0.122. The van der Waals surface area contributed by atoms with Gasteiger partial charge in [0.25, 0.3) is 5.91 Å². The summed E-state index contributed by atoms with van der Waals surface area (Å²) >= 11 is 6.66. The summed E-state index contributed by atoms with van der Waals surface area (Å²) in [6.45, 7) is 8.90. The molecule has 0 radical (unpaired) electrons. The number of hydrogen-bond acceptors (Lipinski definition) is 4. The molecule has 0 bridgehead atoms. The zero-order valence-electron chi connectivity index (χ0n) is 12.7. The monoisotopic (exact) mass is 333 g/mol. The van der Waals surface area contributed by atoms with Crippen LogP contribution >= 0.6 is 24.0 Å². The summed E-state index contributed by atoms with van der Waals surface area (Å²) in [5, 5.41) is 0. The minimum absolute atomic E-state index is 0.00400. The lowest BCUT2D eigenvalue weighted by Crippen LogP contribution is -2.31. The standard InChI is InChI=1S/C17H19NO2S2/c1-4-9-20-14-7-5-13(6-8-14)10-15-16(19)18(11-12(2)3)17(21)22-15/h4-8,10,12H,1,9,11H2,2-3H3/b15-10-. The number of nitrogens with zero attached hydrogens (tertiary/aromatic N) is 1. The highest BCUT2D eigenvalue weighted by molar-refractivity contribution is 8.26. The number of amides is 1. The molecule has 0 unspecified atom stereocenters. The maximum absolute atomic E-state index is 12.4. The van der Waals surface area contributed by atoms with E-state index in [1.165, 1.54) is 11.8 Å². The molecular formula is C17H19NO2S2. The molecule has 1 aliphatic heterocycles. The number of ether oxygens (including phenoxy) is 1. The average Bonchev–Trinajstić information content (AvgIpc) is 2.74. The van der Waals surface area contributed by atoms with E-state index in [-0.39, 0.29) is 5.91 Å². The van der Waals surface area contributed by atoms with Crippen molar-refractivity contribution in [3.8, 4) is 5.75 Å². The Morgan fingerprint density at radius 2 is 2.05 bits per heavy atom. The van der Waals surface area contributed by atoms with Gasteiger partial charge < -0.3 is 4.74 Å². The van der Waals surface area contributed by atoms with Crippen molar-refractivity contribution in [1.82, 2.24) is 4.90 Å². The van der Waals surface area contributed by atoms with Crippen molar-refractivity contribution in [3.63, 3.8) is 0 Å². The Labute approximate surface area is 141 Å². The van der Waals surface area contributed by atoms with Crippen molar-refractivity contribution >= 4 is 40.3 Å². The first-order valence-electron chi connectivity index (χ1n) is 7.10. The van der Waals surface area contributed by atoms with E-state index in [0.29, 0.717) is 28.3 Å². The molecule has 1 aliphatic rings. The molecule has 1 amide bonds.